The normalized spacial score (nSPS) is 11.4. The third-order valence-corrected chi connectivity index (χ3v) is 7.37. The predicted molar refractivity (Wildman–Crippen MR) is 162 cm³/mol. The Morgan fingerprint density at radius 1 is 0.950 bits per heavy atom. The fourth-order valence-corrected chi connectivity index (χ4v) is 5.01. The SMILES string of the molecule is CCC(CC)C(=O)/C=C(\O)C(CC)CC.Cc1[c-]c(-c2nccc3c(C)c(-c4ccccc4)oc23)cc(C)c1.[Ir]. The quantitative estimate of drug-likeness (QED) is 0.106. The number of nitrogens with zero attached hydrogens (tertiary/aromatic N) is 1. The second-order valence-electron chi connectivity index (χ2n) is 10.2. The van der Waals surface area contributed by atoms with Crippen LogP contribution in [0.2, 0.25) is 0 Å². The van der Waals surface area contributed by atoms with Gasteiger partial charge >= 0.3 is 0 Å². The van der Waals surface area contributed by atoms with Gasteiger partial charge < -0.3 is 14.5 Å². The van der Waals surface area contributed by atoms with Crippen molar-refractivity contribution in [1.29, 1.82) is 0 Å². The number of aromatic nitrogens is 1. The monoisotopic (exact) mass is 717 g/mol. The minimum Gasteiger partial charge on any atom is -0.512 e. The van der Waals surface area contributed by atoms with Gasteiger partial charge in [0.2, 0.25) is 0 Å². The molecule has 4 aromatic rings. The molecule has 0 spiro atoms. The van der Waals surface area contributed by atoms with Crippen LogP contribution >= 0.6 is 0 Å². The minimum atomic E-state index is 0. The van der Waals surface area contributed by atoms with Gasteiger partial charge in [0.25, 0.3) is 0 Å². The van der Waals surface area contributed by atoms with Gasteiger partial charge in [0.05, 0.1) is 5.76 Å². The van der Waals surface area contributed by atoms with Gasteiger partial charge in [-0.1, -0.05) is 71.9 Å². The van der Waals surface area contributed by atoms with E-state index in [0.717, 1.165) is 70.4 Å². The minimum absolute atomic E-state index is 0. The van der Waals surface area contributed by atoms with E-state index in [2.05, 4.69) is 56.1 Å². The van der Waals surface area contributed by atoms with Crippen LogP contribution < -0.4 is 0 Å². The molecule has 0 unspecified atom stereocenters. The molecule has 2 aromatic carbocycles. The van der Waals surface area contributed by atoms with E-state index in [-0.39, 0.29) is 43.5 Å². The van der Waals surface area contributed by atoms with E-state index in [1.807, 2.05) is 58.2 Å². The number of carbonyl (C=O) groups excluding carboxylic acids is 1. The van der Waals surface area contributed by atoms with Gasteiger partial charge in [0, 0.05) is 66.4 Å². The number of aliphatic hydroxyl groups is 1. The van der Waals surface area contributed by atoms with Gasteiger partial charge in [-0.05, 0) is 38.7 Å². The Balaban J connectivity index is 0.000000307. The first-order chi connectivity index (χ1) is 18.7. The molecule has 215 valence electrons. The maximum Gasteiger partial charge on any atom is 0.162 e. The van der Waals surface area contributed by atoms with Crippen molar-refractivity contribution in [3.8, 4) is 22.6 Å². The molecule has 1 N–H and O–H groups in total. The number of benzene rings is 2. The van der Waals surface area contributed by atoms with Gasteiger partial charge in [-0.15, -0.1) is 34.9 Å². The first kappa shape index (κ1) is 33.2. The molecule has 0 saturated carbocycles. The van der Waals surface area contributed by atoms with Crippen LogP contribution in [0.1, 0.15) is 70.1 Å². The second kappa shape index (κ2) is 15.7. The summed E-state index contributed by atoms with van der Waals surface area (Å²) >= 11 is 0. The van der Waals surface area contributed by atoms with Crippen molar-refractivity contribution in [1.82, 2.24) is 4.98 Å². The molecule has 2 aromatic heterocycles. The Morgan fingerprint density at radius 2 is 1.57 bits per heavy atom. The molecular weight excluding hydrogens is 675 g/mol. The summed E-state index contributed by atoms with van der Waals surface area (Å²) in [4.78, 5) is 16.3. The number of rotatable bonds is 9. The van der Waals surface area contributed by atoms with Crippen LogP contribution in [-0.2, 0) is 24.9 Å². The summed E-state index contributed by atoms with van der Waals surface area (Å²) in [5.74, 6) is 1.45. The van der Waals surface area contributed by atoms with Crippen LogP contribution in [-0.4, -0.2) is 15.9 Å². The van der Waals surface area contributed by atoms with Gasteiger partial charge in [0.15, 0.2) is 5.78 Å². The van der Waals surface area contributed by atoms with E-state index in [9.17, 15) is 9.90 Å². The summed E-state index contributed by atoms with van der Waals surface area (Å²) in [6.07, 6.45) is 6.75. The number of furan rings is 1. The molecule has 0 fully saturated rings. The number of pyridine rings is 1. The molecule has 1 radical (unpaired) electrons. The average Bonchev–Trinajstić information content (AvgIpc) is 3.27. The molecule has 4 rings (SSSR count). The average molecular weight is 717 g/mol. The Bertz CT molecular complexity index is 1390. The Labute approximate surface area is 253 Å². The molecule has 0 aliphatic carbocycles. The van der Waals surface area contributed by atoms with Crippen molar-refractivity contribution in [3.63, 3.8) is 0 Å². The van der Waals surface area contributed by atoms with E-state index in [0.29, 0.717) is 0 Å². The number of allylic oxidation sites excluding steroid dienone is 2. The number of aliphatic hydroxyl groups excluding tert-OH is 1. The number of fused-ring (bicyclic) bond motifs is 1. The molecule has 0 atom stereocenters. The van der Waals surface area contributed by atoms with Crippen LogP contribution in [0.25, 0.3) is 33.6 Å². The molecule has 2 heterocycles. The van der Waals surface area contributed by atoms with E-state index in [4.69, 9.17) is 4.42 Å². The zero-order valence-corrected chi connectivity index (χ0v) is 27.2. The molecule has 0 aliphatic rings. The molecule has 0 aliphatic heterocycles. The number of carbonyl (C=O) groups is 1. The van der Waals surface area contributed by atoms with Crippen molar-refractivity contribution < 1.29 is 34.4 Å². The summed E-state index contributed by atoms with van der Waals surface area (Å²) in [6, 6.07) is 19.9. The van der Waals surface area contributed by atoms with Gasteiger partial charge in [-0.3, -0.25) is 4.79 Å². The smallest absolute Gasteiger partial charge is 0.162 e. The largest absolute Gasteiger partial charge is 0.512 e. The van der Waals surface area contributed by atoms with Gasteiger partial charge in [-0.25, -0.2) is 0 Å². The van der Waals surface area contributed by atoms with Crippen molar-refractivity contribution >= 4 is 16.8 Å². The fraction of sp³-hybridized carbons (Fsp3) is 0.371. The number of hydrogen-bond acceptors (Lipinski definition) is 4. The summed E-state index contributed by atoms with van der Waals surface area (Å²) in [6.45, 7) is 14.3. The number of ketones is 1. The Morgan fingerprint density at radius 3 is 2.15 bits per heavy atom. The first-order valence-corrected chi connectivity index (χ1v) is 14.1. The van der Waals surface area contributed by atoms with E-state index < -0.39 is 0 Å². The van der Waals surface area contributed by atoms with Crippen molar-refractivity contribution in [2.75, 3.05) is 0 Å². The predicted octanol–water partition coefficient (Wildman–Crippen LogP) is 9.75. The van der Waals surface area contributed by atoms with Crippen LogP contribution in [0.15, 0.2) is 71.0 Å². The molecule has 0 bridgehead atoms. The fourth-order valence-electron chi connectivity index (χ4n) is 5.01. The maximum atomic E-state index is 11.7. The topological polar surface area (TPSA) is 63.3 Å². The summed E-state index contributed by atoms with van der Waals surface area (Å²) in [5, 5.41) is 10.9. The Hall–Kier alpha value is -3.01. The van der Waals surface area contributed by atoms with E-state index in [1.54, 1.807) is 0 Å². The van der Waals surface area contributed by atoms with E-state index >= 15 is 0 Å². The van der Waals surface area contributed by atoms with Crippen molar-refractivity contribution in [2.45, 2.75) is 74.1 Å². The molecule has 0 amide bonds. The van der Waals surface area contributed by atoms with Crippen molar-refractivity contribution in [3.05, 3.63) is 89.3 Å². The number of aryl methyl sites for hydroxylation is 3. The zero-order valence-electron chi connectivity index (χ0n) is 24.8. The Kier molecular flexibility index (Phi) is 13.0. The van der Waals surface area contributed by atoms with Crippen LogP contribution in [0.5, 0.6) is 0 Å². The third kappa shape index (κ3) is 8.02. The summed E-state index contributed by atoms with van der Waals surface area (Å²) in [7, 11) is 0. The van der Waals surface area contributed by atoms with Gasteiger partial charge in [0.1, 0.15) is 11.3 Å². The molecule has 4 nitrogen and oxygen atoms in total. The standard InChI is InChI=1S/C22H18NO.C13H24O2.Ir/c1-14-11-15(2)13-18(12-14)20-22-19(9-10-23-20)16(3)21(24-22)17-7-5-4-6-8-17;1-5-10(6-2)12(14)9-13(15)11(7-3)8-4;/h4-12H,1-3H3;9-11,14H,5-8H2,1-4H3;/q-1;;/b;12-9-;. The maximum absolute atomic E-state index is 11.7. The van der Waals surface area contributed by atoms with E-state index in [1.165, 1.54) is 11.6 Å². The first-order valence-electron chi connectivity index (χ1n) is 14.1. The van der Waals surface area contributed by atoms with Crippen molar-refractivity contribution in [2.24, 2.45) is 11.8 Å². The molecule has 0 saturated heterocycles. The van der Waals surface area contributed by atoms with Gasteiger partial charge in [-0.2, -0.15) is 0 Å². The summed E-state index contributed by atoms with van der Waals surface area (Å²) in [5.41, 5.74) is 7.19. The molecular formula is C35H42IrNO3-. The van der Waals surface area contributed by atoms with Crippen LogP contribution in [0, 0.1) is 38.7 Å². The summed E-state index contributed by atoms with van der Waals surface area (Å²) < 4.78 is 6.27. The second-order valence-corrected chi connectivity index (χ2v) is 10.2. The number of hydrogen-bond donors (Lipinski definition) is 1. The van der Waals surface area contributed by atoms with Crippen LogP contribution in [0.4, 0.5) is 0 Å². The third-order valence-electron chi connectivity index (χ3n) is 7.37. The molecule has 40 heavy (non-hydrogen) atoms. The zero-order chi connectivity index (χ0) is 28.5. The molecule has 5 heteroatoms. The van der Waals surface area contributed by atoms with Crippen LogP contribution in [0.3, 0.4) is 0 Å².